The van der Waals surface area contributed by atoms with Gasteiger partial charge in [0, 0.05) is 38.8 Å². The molecule has 0 radical (unpaired) electrons. The number of hydrogen-bond acceptors (Lipinski definition) is 4. The number of rotatable bonds is 6. The highest BCUT2D eigenvalue weighted by Gasteiger charge is 2.24. The predicted molar refractivity (Wildman–Crippen MR) is 70.4 cm³/mol. The van der Waals surface area contributed by atoms with Crippen LogP contribution in [0.5, 0.6) is 0 Å². The topological polar surface area (TPSA) is 27.7 Å². The summed E-state index contributed by atoms with van der Waals surface area (Å²) >= 11 is 0. The molecule has 2 aliphatic rings. The molecule has 2 heterocycles. The van der Waals surface area contributed by atoms with E-state index in [0.717, 1.165) is 38.9 Å². The Bertz CT molecular complexity index is 207. The maximum Gasteiger partial charge on any atom is 0.0594 e. The minimum absolute atomic E-state index is 0.774. The van der Waals surface area contributed by atoms with Gasteiger partial charge in [0.25, 0.3) is 0 Å². The van der Waals surface area contributed by atoms with Crippen molar-refractivity contribution < 1.29 is 4.74 Å². The lowest BCUT2D eigenvalue weighted by atomic mass is 10.2. The Labute approximate surface area is 105 Å². The third kappa shape index (κ3) is 4.21. The molecule has 1 atom stereocenters. The number of nitrogens with one attached hydrogen (secondary N) is 1. The average molecular weight is 241 g/mol. The van der Waals surface area contributed by atoms with Gasteiger partial charge in [-0.2, -0.15) is 0 Å². The number of hydrogen-bond donors (Lipinski definition) is 1. The van der Waals surface area contributed by atoms with Crippen LogP contribution in [0.15, 0.2) is 0 Å². The van der Waals surface area contributed by atoms with E-state index in [4.69, 9.17) is 4.74 Å². The van der Waals surface area contributed by atoms with E-state index in [1.54, 1.807) is 0 Å². The molecular formula is C13H27N3O. The van der Waals surface area contributed by atoms with Gasteiger partial charge in [0.05, 0.1) is 13.2 Å². The highest BCUT2D eigenvalue weighted by Crippen LogP contribution is 2.16. The second-order valence-electron chi connectivity index (χ2n) is 5.09. The Hall–Kier alpha value is -0.160. The van der Waals surface area contributed by atoms with Crippen LogP contribution in [0.4, 0.5) is 0 Å². The Kier molecular flexibility index (Phi) is 5.71. The second-order valence-corrected chi connectivity index (χ2v) is 5.09. The number of nitrogens with zero attached hydrogens (tertiary/aromatic N) is 2. The molecule has 0 spiro atoms. The molecule has 0 aromatic heterocycles. The van der Waals surface area contributed by atoms with Gasteiger partial charge in [-0.15, -0.1) is 0 Å². The van der Waals surface area contributed by atoms with E-state index in [1.807, 2.05) is 0 Å². The maximum atomic E-state index is 5.38. The van der Waals surface area contributed by atoms with E-state index in [-0.39, 0.29) is 0 Å². The van der Waals surface area contributed by atoms with Crippen LogP contribution in [0.2, 0.25) is 0 Å². The molecule has 2 rings (SSSR count). The number of likely N-dealkylation sites (tertiary alicyclic amines) is 1. The molecule has 4 heteroatoms. The molecule has 2 fully saturated rings. The fraction of sp³-hybridized carbons (Fsp3) is 1.00. The van der Waals surface area contributed by atoms with E-state index >= 15 is 0 Å². The summed E-state index contributed by atoms with van der Waals surface area (Å²) in [6.45, 7) is 12.3. The van der Waals surface area contributed by atoms with E-state index < -0.39 is 0 Å². The van der Waals surface area contributed by atoms with Gasteiger partial charge in [0.15, 0.2) is 0 Å². The Balaban J connectivity index is 1.66. The third-order valence-electron chi connectivity index (χ3n) is 3.94. The van der Waals surface area contributed by atoms with Crippen molar-refractivity contribution in [3.05, 3.63) is 0 Å². The van der Waals surface area contributed by atoms with E-state index in [1.165, 1.54) is 39.0 Å². The van der Waals surface area contributed by atoms with Crippen LogP contribution in [0.3, 0.4) is 0 Å². The normalized spacial score (nSPS) is 27.7. The summed E-state index contributed by atoms with van der Waals surface area (Å²) in [5.74, 6) is 0. The van der Waals surface area contributed by atoms with Crippen molar-refractivity contribution in [2.45, 2.75) is 25.8 Å². The van der Waals surface area contributed by atoms with Crippen molar-refractivity contribution in [2.24, 2.45) is 0 Å². The van der Waals surface area contributed by atoms with Crippen LogP contribution in [-0.2, 0) is 4.74 Å². The van der Waals surface area contributed by atoms with E-state index in [2.05, 4.69) is 22.0 Å². The van der Waals surface area contributed by atoms with Gasteiger partial charge >= 0.3 is 0 Å². The summed E-state index contributed by atoms with van der Waals surface area (Å²) in [4.78, 5) is 5.20. The highest BCUT2D eigenvalue weighted by molar-refractivity contribution is 4.81. The SMILES string of the molecule is CCNCC1CCCN1CCN1CCOCC1. The van der Waals surface area contributed by atoms with Crippen molar-refractivity contribution in [2.75, 3.05) is 59.0 Å². The summed E-state index contributed by atoms with van der Waals surface area (Å²) < 4.78 is 5.38. The smallest absolute Gasteiger partial charge is 0.0594 e. The Morgan fingerprint density at radius 1 is 1.18 bits per heavy atom. The fourth-order valence-corrected chi connectivity index (χ4v) is 2.83. The van der Waals surface area contributed by atoms with Crippen molar-refractivity contribution in [1.29, 1.82) is 0 Å². The minimum atomic E-state index is 0.774. The maximum absolute atomic E-state index is 5.38. The van der Waals surface area contributed by atoms with Crippen molar-refractivity contribution in [3.63, 3.8) is 0 Å². The van der Waals surface area contributed by atoms with Gasteiger partial charge in [-0.05, 0) is 25.9 Å². The first kappa shape index (κ1) is 13.3. The zero-order valence-corrected chi connectivity index (χ0v) is 11.2. The molecule has 2 saturated heterocycles. The van der Waals surface area contributed by atoms with Crippen molar-refractivity contribution >= 4 is 0 Å². The molecule has 2 aliphatic heterocycles. The van der Waals surface area contributed by atoms with E-state index in [0.29, 0.717) is 0 Å². The molecule has 100 valence electrons. The summed E-state index contributed by atoms with van der Waals surface area (Å²) in [6, 6.07) is 0.774. The number of morpholine rings is 1. The quantitative estimate of drug-likeness (QED) is 0.728. The van der Waals surface area contributed by atoms with E-state index in [9.17, 15) is 0 Å². The predicted octanol–water partition coefficient (Wildman–Crippen LogP) is 0.393. The molecule has 1 unspecified atom stereocenters. The summed E-state index contributed by atoms with van der Waals surface area (Å²) in [7, 11) is 0. The van der Waals surface area contributed by atoms with Gasteiger partial charge in [-0.1, -0.05) is 6.92 Å². The third-order valence-corrected chi connectivity index (χ3v) is 3.94. The van der Waals surface area contributed by atoms with Crippen LogP contribution >= 0.6 is 0 Å². The number of ether oxygens (including phenoxy) is 1. The summed E-state index contributed by atoms with van der Waals surface area (Å²) in [6.07, 6.45) is 2.75. The lowest BCUT2D eigenvalue weighted by molar-refractivity contribution is 0.0327. The number of likely N-dealkylation sites (N-methyl/N-ethyl adjacent to an activating group) is 1. The van der Waals surface area contributed by atoms with Crippen molar-refractivity contribution in [3.8, 4) is 0 Å². The Morgan fingerprint density at radius 3 is 2.76 bits per heavy atom. The summed E-state index contributed by atoms with van der Waals surface area (Å²) in [5, 5.41) is 3.48. The molecule has 0 bridgehead atoms. The zero-order valence-electron chi connectivity index (χ0n) is 11.2. The standard InChI is InChI=1S/C13H27N3O/c1-2-14-12-13-4-3-5-16(13)7-6-15-8-10-17-11-9-15/h13-14H,2-12H2,1H3. The molecule has 17 heavy (non-hydrogen) atoms. The molecule has 0 saturated carbocycles. The first-order valence-electron chi connectivity index (χ1n) is 7.15. The van der Waals surface area contributed by atoms with Gasteiger partial charge in [0.2, 0.25) is 0 Å². The van der Waals surface area contributed by atoms with Gasteiger partial charge in [-0.25, -0.2) is 0 Å². The largest absolute Gasteiger partial charge is 0.379 e. The highest BCUT2D eigenvalue weighted by atomic mass is 16.5. The molecule has 0 aromatic carbocycles. The fourth-order valence-electron chi connectivity index (χ4n) is 2.83. The van der Waals surface area contributed by atoms with Gasteiger partial charge in [0.1, 0.15) is 0 Å². The second kappa shape index (κ2) is 7.31. The van der Waals surface area contributed by atoms with Crippen molar-refractivity contribution in [1.82, 2.24) is 15.1 Å². The molecule has 0 amide bonds. The molecular weight excluding hydrogens is 214 g/mol. The van der Waals surface area contributed by atoms with Gasteiger partial charge in [-0.3, -0.25) is 9.80 Å². The monoisotopic (exact) mass is 241 g/mol. The van der Waals surface area contributed by atoms with Crippen LogP contribution < -0.4 is 5.32 Å². The molecule has 1 N–H and O–H groups in total. The molecule has 0 aromatic rings. The molecule has 0 aliphatic carbocycles. The lowest BCUT2D eigenvalue weighted by Crippen LogP contribution is -2.44. The van der Waals surface area contributed by atoms with Crippen LogP contribution in [0.1, 0.15) is 19.8 Å². The van der Waals surface area contributed by atoms with Crippen LogP contribution in [0, 0.1) is 0 Å². The average Bonchev–Trinajstić information content (AvgIpc) is 2.82. The zero-order chi connectivity index (χ0) is 11.9. The summed E-state index contributed by atoms with van der Waals surface area (Å²) in [5.41, 5.74) is 0. The van der Waals surface area contributed by atoms with Gasteiger partial charge < -0.3 is 10.1 Å². The van der Waals surface area contributed by atoms with Crippen LogP contribution in [0.25, 0.3) is 0 Å². The van der Waals surface area contributed by atoms with Crippen LogP contribution in [-0.4, -0.2) is 74.9 Å². The first-order chi connectivity index (χ1) is 8.40. The lowest BCUT2D eigenvalue weighted by Gasteiger charge is -2.30. The first-order valence-corrected chi connectivity index (χ1v) is 7.15. The molecule has 4 nitrogen and oxygen atoms in total. The Morgan fingerprint density at radius 2 is 2.00 bits per heavy atom. The minimum Gasteiger partial charge on any atom is -0.379 e.